The first-order valence-corrected chi connectivity index (χ1v) is 16.9. The van der Waals surface area contributed by atoms with Crippen LogP contribution in [0.1, 0.15) is 72.7 Å². The molecule has 2 bridgehead atoms. The summed E-state index contributed by atoms with van der Waals surface area (Å²) in [6.07, 6.45) is 10.9. The van der Waals surface area contributed by atoms with Gasteiger partial charge in [-0.25, -0.2) is 9.97 Å². The van der Waals surface area contributed by atoms with Gasteiger partial charge in [0.05, 0.1) is 11.0 Å². The Balaban J connectivity index is 0.989. The minimum absolute atomic E-state index is 0.00999. The van der Waals surface area contributed by atoms with Gasteiger partial charge in [0, 0.05) is 49.0 Å². The average Bonchev–Trinajstić information content (AvgIpc) is 3.73. The van der Waals surface area contributed by atoms with Crippen LogP contribution in [0.5, 0.6) is 0 Å². The molecule has 5 aromatic rings. The molecule has 1 amide bonds. The molecule has 3 aromatic heterocycles. The van der Waals surface area contributed by atoms with Gasteiger partial charge >= 0.3 is 0 Å². The first-order valence-electron chi connectivity index (χ1n) is 16.0. The van der Waals surface area contributed by atoms with Crippen molar-refractivity contribution < 1.29 is 4.79 Å². The van der Waals surface area contributed by atoms with Gasteiger partial charge in [-0.3, -0.25) is 18.9 Å². The molecule has 8 rings (SSSR count). The zero-order valence-corrected chi connectivity index (χ0v) is 26.0. The van der Waals surface area contributed by atoms with Gasteiger partial charge in [0.25, 0.3) is 11.5 Å². The van der Waals surface area contributed by atoms with Crippen molar-refractivity contribution >= 4 is 33.2 Å². The summed E-state index contributed by atoms with van der Waals surface area (Å²) in [5.74, 6) is 0.925. The third-order valence-electron chi connectivity index (χ3n) is 10.8. The van der Waals surface area contributed by atoms with Crippen LogP contribution in [-0.2, 0) is 5.41 Å². The molecule has 0 N–H and O–H groups in total. The van der Waals surface area contributed by atoms with Gasteiger partial charge < -0.3 is 9.47 Å². The van der Waals surface area contributed by atoms with Crippen LogP contribution in [0.15, 0.2) is 77.2 Å². The van der Waals surface area contributed by atoms with Crippen molar-refractivity contribution in [2.45, 2.75) is 75.4 Å². The van der Waals surface area contributed by atoms with E-state index in [1.807, 2.05) is 10.3 Å². The fourth-order valence-corrected chi connectivity index (χ4v) is 9.22. The van der Waals surface area contributed by atoms with E-state index >= 15 is 0 Å². The molecule has 0 saturated carbocycles. The van der Waals surface area contributed by atoms with Gasteiger partial charge in [-0.1, -0.05) is 42.5 Å². The third kappa shape index (κ3) is 4.59. The highest BCUT2D eigenvalue weighted by atomic mass is 32.1. The topological polar surface area (TPSA) is 75.7 Å². The van der Waals surface area contributed by atoms with E-state index in [2.05, 4.69) is 76.0 Å². The summed E-state index contributed by atoms with van der Waals surface area (Å²) in [5.41, 5.74) is 3.63. The zero-order valence-electron chi connectivity index (χ0n) is 25.1. The van der Waals surface area contributed by atoms with E-state index in [-0.39, 0.29) is 22.4 Å². The van der Waals surface area contributed by atoms with Crippen LogP contribution in [0.3, 0.4) is 0 Å². The molecule has 6 heterocycles. The fourth-order valence-electron chi connectivity index (χ4n) is 8.54. The van der Waals surface area contributed by atoms with Gasteiger partial charge in [-0.05, 0) is 81.5 Å². The van der Waals surface area contributed by atoms with Crippen LogP contribution in [-0.4, -0.2) is 66.4 Å². The van der Waals surface area contributed by atoms with Crippen LogP contribution >= 0.6 is 11.3 Å². The number of nitrogens with zero attached hydrogens (tertiary/aromatic N) is 6. The Morgan fingerprint density at radius 3 is 2.48 bits per heavy atom. The van der Waals surface area contributed by atoms with E-state index in [9.17, 15) is 9.59 Å². The van der Waals surface area contributed by atoms with E-state index in [0.717, 1.165) is 37.1 Å². The molecule has 226 valence electrons. The van der Waals surface area contributed by atoms with E-state index in [1.54, 1.807) is 6.20 Å². The van der Waals surface area contributed by atoms with Crippen LogP contribution in [0.25, 0.3) is 16.0 Å². The first-order chi connectivity index (χ1) is 21.5. The Morgan fingerprint density at radius 1 is 0.977 bits per heavy atom. The van der Waals surface area contributed by atoms with Crippen molar-refractivity contribution in [3.8, 4) is 0 Å². The number of rotatable bonds is 6. The number of imidazole rings is 1. The number of thiazole rings is 1. The quantitative estimate of drug-likeness (QED) is 0.243. The number of piperidine rings is 2. The molecule has 3 fully saturated rings. The minimum atomic E-state index is -0.279. The van der Waals surface area contributed by atoms with E-state index in [1.165, 1.54) is 58.7 Å². The number of benzene rings is 2. The number of fused-ring (bicyclic) bond motifs is 4. The number of hydrogen-bond acceptors (Lipinski definition) is 6. The predicted molar refractivity (Wildman–Crippen MR) is 173 cm³/mol. The second-order valence-electron chi connectivity index (χ2n) is 13.0. The summed E-state index contributed by atoms with van der Waals surface area (Å²) in [6.45, 7) is 4.51. The summed E-state index contributed by atoms with van der Waals surface area (Å²) in [4.78, 5) is 41.1. The number of amides is 1. The van der Waals surface area contributed by atoms with Gasteiger partial charge in [0.15, 0.2) is 4.96 Å². The predicted octanol–water partition coefficient (Wildman–Crippen LogP) is 5.85. The van der Waals surface area contributed by atoms with E-state index in [0.29, 0.717) is 36.2 Å². The van der Waals surface area contributed by atoms with Gasteiger partial charge in [-0.15, -0.1) is 11.3 Å². The zero-order chi connectivity index (χ0) is 29.8. The SMILES string of the molecule is Cc1nc2ccccc2n1[C@H]1C[C@H]2CC[C@@H](C1)N2CCC1(c2ccccc2)CCN(C(=O)c2cnc3sccn3c2=O)CC1. The maximum absolute atomic E-state index is 13.5. The number of carbonyl (C=O) groups excluding carboxylic acids is 1. The van der Waals surface area contributed by atoms with Gasteiger partial charge in [0.2, 0.25) is 0 Å². The van der Waals surface area contributed by atoms with Crippen LogP contribution in [0.4, 0.5) is 0 Å². The van der Waals surface area contributed by atoms with Gasteiger partial charge in [0.1, 0.15) is 11.4 Å². The van der Waals surface area contributed by atoms with Crippen molar-refractivity contribution in [2.75, 3.05) is 19.6 Å². The fraction of sp³-hybridized carbons (Fsp3) is 0.429. The molecule has 0 spiro atoms. The molecule has 2 aromatic carbocycles. The smallest absolute Gasteiger partial charge is 0.271 e. The molecule has 0 aliphatic carbocycles. The Bertz CT molecular complexity index is 1870. The molecule has 9 heteroatoms. The lowest BCUT2D eigenvalue weighted by molar-refractivity contribution is 0.0605. The van der Waals surface area contributed by atoms with Crippen LogP contribution in [0, 0.1) is 6.92 Å². The summed E-state index contributed by atoms with van der Waals surface area (Å²) >= 11 is 1.40. The van der Waals surface area contributed by atoms with Crippen molar-refractivity contribution in [1.29, 1.82) is 0 Å². The van der Waals surface area contributed by atoms with Gasteiger partial charge in [-0.2, -0.15) is 0 Å². The maximum Gasteiger partial charge on any atom is 0.271 e. The number of aromatic nitrogens is 4. The summed E-state index contributed by atoms with van der Waals surface area (Å²) < 4.78 is 3.98. The lowest BCUT2D eigenvalue weighted by Gasteiger charge is -2.45. The summed E-state index contributed by atoms with van der Waals surface area (Å²) in [7, 11) is 0. The highest BCUT2D eigenvalue weighted by molar-refractivity contribution is 7.15. The van der Waals surface area contributed by atoms with Crippen LogP contribution < -0.4 is 5.56 Å². The normalized spacial score (nSPS) is 23.5. The monoisotopic (exact) mass is 606 g/mol. The molecule has 0 unspecified atom stereocenters. The Labute approximate surface area is 261 Å². The molecule has 44 heavy (non-hydrogen) atoms. The molecule has 0 radical (unpaired) electrons. The Morgan fingerprint density at radius 2 is 1.70 bits per heavy atom. The molecule has 3 atom stereocenters. The van der Waals surface area contributed by atoms with Crippen molar-refractivity contribution in [2.24, 2.45) is 0 Å². The van der Waals surface area contributed by atoms with E-state index < -0.39 is 0 Å². The molecule has 3 aliphatic heterocycles. The lowest BCUT2D eigenvalue weighted by atomic mass is 9.70. The number of carbonyl (C=O) groups is 1. The second-order valence-corrected chi connectivity index (χ2v) is 13.9. The van der Waals surface area contributed by atoms with Crippen LogP contribution in [0.2, 0.25) is 0 Å². The maximum atomic E-state index is 13.5. The number of para-hydroxylation sites is 2. The first kappa shape index (κ1) is 27.7. The number of likely N-dealkylation sites (tertiary alicyclic amines) is 1. The summed E-state index contributed by atoms with van der Waals surface area (Å²) in [5, 5.41) is 1.82. The van der Waals surface area contributed by atoms with Crippen molar-refractivity contribution in [1.82, 2.24) is 28.7 Å². The highest BCUT2D eigenvalue weighted by Gasteiger charge is 2.44. The number of aryl methyl sites for hydroxylation is 1. The Hall–Kier alpha value is -3.82. The standard InChI is InChI=1S/C35H38N6O2S/c1-24-37-30-9-5-6-10-31(30)41(24)28-21-26-11-12-27(22-28)39(26)18-15-35(25-7-3-2-4-8-25)13-16-38(17-14-35)32(42)29-23-36-34-40(33(29)43)19-20-44-34/h2-10,19-20,23,26-28H,11-18,21-22H2,1H3/t26-,27+,28+. The van der Waals surface area contributed by atoms with Crippen molar-refractivity contribution in [3.63, 3.8) is 0 Å². The van der Waals surface area contributed by atoms with Crippen molar-refractivity contribution in [3.05, 3.63) is 99.7 Å². The largest absolute Gasteiger partial charge is 0.338 e. The van der Waals surface area contributed by atoms with E-state index in [4.69, 9.17) is 4.98 Å². The highest BCUT2D eigenvalue weighted by Crippen LogP contribution is 2.45. The minimum Gasteiger partial charge on any atom is -0.338 e. The third-order valence-corrected chi connectivity index (χ3v) is 11.6. The second kappa shape index (κ2) is 11.0. The molecule has 3 saturated heterocycles. The molecular weight excluding hydrogens is 568 g/mol. The average molecular weight is 607 g/mol. The number of hydrogen-bond donors (Lipinski definition) is 0. The molecule has 8 nitrogen and oxygen atoms in total. The Kier molecular flexibility index (Phi) is 6.90. The summed E-state index contributed by atoms with van der Waals surface area (Å²) in [6, 6.07) is 21.2. The molecular formula is C35H38N6O2S. The lowest BCUT2D eigenvalue weighted by Crippen LogP contribution is -2.49. The molecule has 3 aliphatic rings.